The SMILES string of the molecule is CCNC(=NCc1ccccc1CC)NCC1(C)COC1. The first-order chi connectivity index (χ1) is 10.2. The summed E-state index contributed by atoms with van der Waals surface area (Å²) in [5.41, 5.74) is 2.92. The van der Waals surface area contributed by atoms with Gasteiger partial charge in [0, 0.05) is 18.5 Å². The van der Waals surface area contributed by atoms with E-state index in [1.807, 2.05) is 0 Å². The average molecular weight is 289 g/mol. The topological polar surface area (TPSA) is 45.7 Å². The summed E-state index contributed by atoms with van der Waals surface area (Å²) in [6, 6.07) is 8.51. The van der Waals surface area contributed by atoms with Gasteiger partial charge in [-0.1, -0.05) is 38.1 Å². The van der Waals surface area contributed by atoms with Gasteiger partial charge in [-0.3, -0.25) is 0 Å². The minimum atomic E-state index is 0.248. The molecular formula is C17H27N3O. The Morgan fingerprint density at radius 3 is 2.48 bits per heavy atom. The van der Waals surface area contributed by atoms with E-state index >= 15 is 0 Å². The third-order valence-corrected chi connectivity index (χ3v) is 3.83. The van der Waals surface area contributed by atoms with Gasteiger partial charge in [-0.2, -0.15) is 0 Å². The molecule has 0 bridgehead atoms. The smallest absolute Gasteiger partial charge is 0.191 e. The number of guanidine groups is 1. The first-order valence-corrected chi connectivity index (χ1v) is 7.83. The molecule has 1 saturated heterocycles. The molecule has 1 aromatic carbocycles. The van der Waals surface area contributed by atoms with Crippen molar-refractivity contribution in [1.29, 1.82) is 0 Å². The minimum absolute atomic E-state index is 0.248. The standard InChI is InChI=1S/C17H27N3O/c1-4-14-8-6-7-9-15(14)10-19-16(18-5-2)20-11-17(3)12-21-13-17/h6-9H,4-5,10-13H2,1-3H3,(H2,18,19,20). The summed E-state index contributed by atoms with van der Waals surface area (Å²) in [4.78, 5) is 4.71. The molecule has 1 aliphatic heterocycles. The molecule has 21 heavy (non-hydrogen) atoms. The van der Waals surface area contributed by atoms with E-state index in [0.717, 1.165) is 38.7 Å². The predicted octanol–water partition coefficient (Wildman–Crippen LogP) is 2.34. The summed E-state index contributed by atoms with van der Waals surface area (Å²) >= 11 is 0. The molecule has 1 aromatic rings. The summed E-state index contributed by atoms with van der Waals surface area (Å²) in [6.07, 6.45) is 1.05. The van der Waals surface area contributed by atoms with Gasteiger partial charge in [0.05, 0.1) is 19.8 Å². The van der Waals surface area contributed by atoms with Crippen molar-refractivity contribution in [2.75, 3.05) is 26.3 Å². The lowest BCUT2D eigenvalue weighted by Crippen LogP contribution is -2.51. The number of hydrogen-bond donors (Lipinski definition) is 2. The van der Waals surface area contributed by atoms with Crippen LogP contribution in [0.5, 0.6) is 0 Å². The van der Waals surface area contributed by atoms with Crippen LogP contribution >= 0.6 is 0 Å². The van der Waals surface area contributed by atoms with Crippen LogP contribution in [0.4, 0.5) is 0 Å². The van der Waals surface area contributed by atoms with E-state index in [2.05, 4.69) is 55.7 Å². The van der Waals surface area contributed by atoms with Gasteiger partial charge in [-0.15, -0.1) is 0 Å². The number of nitrogens with zero attached hydrogens (tertiary/aromatic N) is 1. The molecule has 4 nitrogen and oxygen atoms in total. The van der Waals surface area contributed by atoms with E-state index in [-0.39, 0.29) is 5.41 Å². The average Bonchev–Trinajstić information content (AvgIpc) is 2.48. The Morgan fingerprint density at radius 2 is 1.90 bits per heavy atom. The van der Waals surface area contributed by atoms with Crippen LogP contribution in [-0.4, -0.2) is 32.3 Å². The van der Waals surface area contributed by atoms with E-state index in [1.54, 1.807) is 0 Å². The molecule has 0 unspecified atom stereocenters. The molecule has 2 N–H and O–H groups in total. The highest BCUT2D eigenvalue weighted by Gasteiger charge is 2.33. The lowest BCUT2D eigenvalue weighted by Gasteiger charge is -2.38. The fraction of sp³-hybridized carbons (Fsp3) is 0.588. The largest absolute Gasteiger partial charge is 0.380 e. The highest BCUT2D eigenvalue weighted by Crippen LogP contribution is 2.24. The van der Waals surface area contributed by atoms with Gasteiger partial charge in [0.15, 0.2) is 5.96 Å². The molecule has 1 aliphatic rings. The molecule has 1 fully saturated rings. The summed E-state index contributed by atoms with van der Waals surface area (Å²) in [7, 11) is 0. The normalized spacial score (nSPS) is 17.2. The van der Waals surface area contributed by atoms with Crippen LogP contribution in [0.25, 0.3) is 0 Å². The van der Waals surface area contributed by atoms with Gasteiger partial charge in [0.2, 0.25) is 0 Å². The lowest BCUT2D eigenvalue weighted by atomic mass is 9.89. The Labute approximate surface area is 128 Å². The highest BCUT2D eigenvalue weighted by molar-refractivity contribution is 5.79. The summed E-state index contributed by atoms with van der Waals surface area (Å²) in [5, 5.41) is 6.74. The number of aryl methyl sites for hydroxylation is 1. The summed E-state index contributed by atoms with van der Waals surface area (Å²) in [5.74, 6) is 0.886. The molecule has 0 atom stereocenters. The van der Waals surface area contributed by atoms with E-state index < -0.39 is 0 Å². The van der Waals surface area contributed by atoms with Crippen LogP contribution in [0.1, 0.15) is 31.9 Å². The van der Waals surface area contributed by atoms with Gasteiger partial charge in [-0.05, 0) is 24.5 Å². The highest BCUT2D eigenvalue weighted by atomic mass is 16.5. The van der Waals surface area contributed by atoms with E-state index in [4.69, 9.17) is 9.73 Å². The molecule has 0 spiro atoms. The molecule has 0 radical (unpaired) electrons. The fourth-order valence-corrected chi connectivity index (χ4v) is 2.41. The Morgan fingerprint density at radius 1 is 1.19 bits per heavy atom. The van der Waals surface area contributed by atoms with Gasteiger partial charge >= 0.3 is 0 Å². The maximum atomic E-state index is 5.29. The molecule has 0 aliphatic carbocycles. The monoisotopic (exact) mass is 289 g/mol. The van der Waals surface area contributed by atoms with Crippen molar-refractivity contribution < 1.29 is 4.74 Å². The van der Waals surface area contributed by atoms with Gasteiger partial charge in [0.1, 0.15) is 0 Å². The first kappa shape index (κ1) is 15.8. The summed E-state index contributed by atoms with van der Waals surface area (Å²) in [6.45, 7) is 10.7. The second-order valence-corrected chi connectivity index (χ2v) is 5.97. The van der Waals surface area contributed by atoms with Crippen LogP contribution in [0.2, 0.25) is 0 Å². The van der Waals surface area contributed by atoms with Crippen molar-refractivity contribution in [2.45, 2.75) is 33.7 Å². The zero-order valence-corrected chi connectivity index (χ0v) is 13.4. The Balaban J connectivity index is 1.96. The van der Waals surface area contributed by atoms with Crippen molar-refractivity contribution >= 4 is 5.96 Å². The second-order valence-electron chi connectivity index (χ2n) is 5.97. The van der Waals surface area contributed by atoms with Crippen molar-refractivity contribution in [1.82, 2.24) is 10.6 Å². The Bertz CT molecular complexity index is 481. The predicted molar refractivity (Wildman–Crippen MR) is 87.6 cm³/mol. The van der Waals surface area contributed by atoms with Crippen LogP contribution in [-0.2, 0) is 17.7 Å². The maximum Gasteiger partial charge on any atom is 0.191 e. The third kappa shape index (κ3) is 4.46. The van der Waals surface area contributed by atoms with Gasteiger partial charge < -0.3 is 15.4 Å². The van der Waals surface area contributed by atoms with Crippen LogP contribution < -0.4 is 10.6 Å². The number of ether oxygens (including phenoxy) is 1. The van der Waals surface area contributed by atoms with E-state index in [0.29, 0.717) is 6.54 Å². The first-order valence-electron chi connectivity index (χ1n) is 7.83. The number of hydrogen-bond acceptors (Lipinski definition) is 2. The van der Waals surface area contributed by atoms with Crippen molar-refractivity contribution in [3.8, 4) is 0 Å². The number of nitrogens with one attached hydrogen (secondary N) is 2. The van der Waals surface area contributed by atoms with Gasteiger partial charge in [-0.25, -0.2) is 4.99 Å². The molecular weight excluding hydrogens is 262 g/mol. The Hall–Kier alpha value is -1.55. The molecule has 2 rings (SSSR count). The molecule has 4 heteroatoms. The van der Waals surface area contributed by atoms with Crippen molar-refractivity contribution in [3.63, 3.8) is 0 Å². The number of rotatable bonds is 6. The molecule has 116 valence electrons. The van der Waals surface area contributed by atoms with Crippen molar-refractivity contribution in [2.24, 2.45) is 10.4 Å². The maximum absolute atomic E-state index is 5.29. The summed E-state index contributed by atoms with van der Waals surface area (Å²) < 4.78 is 5.29. The van der Waals surface area contributed by atoms with E-state index in [1.165, 1.54) is 11.1 Å². The third-order valence-electron chi connectivity index (χ3n) is 3.83. The van der Waals surface area contributed by atoms with Crippen LogP contribution in [0, 0.1) is 5.41 Å². The molecule has 1 heterocycles. The quantitative estimate of drug-likeness (QED) is 0.624. The van der Waals surface area contributed by atoms with Crippen LogP contribution in [0.15, 0.2) is 29.3 Å². The van der Waals surface area contributed by atoms with Crippen molar-refractivity contribution in [3.05, 3.63) is 35.4 Å². The molecule has 0 amide bonds. The van der Waals surface area contributed by atoms with Crippen LogP contribution in [0.3, 0.4) is 0 Å². The van der Waals surface area contributed by atoms with Gasteiger partial charge in [0.25, 0.3) is 0 Å². The zero-order valence-electron chi connectivity index (χ0n) is 13.4. The lowest BCUT2D eigenvalue weighted by molar-refractivity contribution is -0.0971. The fourth-order valence-electron chi connectivity index (χ4n) is 2.41. The molecule has 0 saturated carbocycles. The molecule has 0 aromatic heterocycles. The minimum Gasteiger partial charge on any atom is -0.380 e. The van der Waals surface area contributed by atoms with E-state index in [9.17, 15) is 0 Å². The number of aliphatic imine (C=N–C) groups is 1. The zero-order chi connectivity index (χ0) is 15.1. The Kier molecular flexibility index (Phi) is 5.62. The number of benzene rings is 1. The second kappa shape index (κ2) is 7.46.